The first kappa shape index (κ1) is 21.2. The van der Waals surface area contributed by atoms with Crippen molar-refractivity contribution in [3.05, 3.63) is 107 Å². The predicted octanol–water partition coefficient (Wildman–Crippen LogP) is 5.07. The van der Waals surface area contributed by atoms with Gasteiger partial charge in [-0.05, 0) is 60.5 Å². The number of nitrogens with one attached hydrogen (secondary N) is 1. The molecule has 1 aliphatic rings. The molecule has 162 valence electrons. The van der Waals surface area contributed by atoms with E-state index in [2.05, 4.69) is 5.32 Å². The van der Waals surface area contributed by atoms with Crippen molar-refractivity contribution in [1.29, 1.82) is 0 Å². The highest BCUT2D eigenvalue weighted by Crippen LogP contribution is 2.48. The molecule has 2 N–H and O–H groups in total. The molecule has 1 unspecified atom stereocenters. The van der Waals surface area contributed by atoms with Crippen molar-refractivity contribution >= 4 is 23.3 Å². The van der Waals surface area contributed by atoms with Crippen LogP contribution in [0.4, 0.5) is 20.2 Å². The van der Waals surface area contributed by atoms with Gasteiger partial charge in [0.2, 0.25) is 0 Å². The predicted molar refractivity (Wildman–Crippen MR) is 117 cm³/mol. The van der Waals surface area contributed by atoms with E-state index < -0.39 is 29.0 Å². The van der Waals surface area contributed by atoms with Crippen LogP contribution in [0.3, 0.4) is 0 Å². The zero-order valence-corrected chi connectivity index (χ0v) is 17.2. The molecule has 0 bridgehead atoms. The summed E-state index contributed by atoms with van der Waals surface area (Å²) in [5, 5.41) is 13.1. The van der Waals surface area contributed by atoms with E-state index in [1.54, 1.807) is 37.3 Å². The zero-order chi connectivity index (χ0) is 22.9. The Hall–Kier alpha value is -4.00. The van der Waals surface area contributed by atoms with Crippen LogP contribution in [0.1, 0.15) is 18.9 Å². The van der Waals surface area contributed by atoms with E-state index in [1.165, 1.54) is 53.4 Å². The van der Waals surface area contributed by atoms with Gasteiger partial charge < -0.3 is 10.4 Å². The average molecular weight is 434 g/mol. The average Bonchev–Trinajstić information content (AvgIpc) is 3.05. The summed E-state index contributed by atoms with van der Waals surface area (Å²) >= 11 is 0. The lowest BCUT2D eigenvalue weighted by Gasteiger charge is -2.39. The molecule has 3 aromatic carbocycles. The number of carbonyl (C=O) groups excluding carboxylic acids is 1. The second-order valence-electron chi connectivity index (χ2n) is 7.38. The number of amides is 1. The zero-order valence-electron chi connectivity index (χ0n) is 17.2. The van der Waals surface area contributed by atoms with Crippen molar-refractivity contribution in [2.45, 2.75) is 18.9 Å². The molecule has 32 heavy (non-hydrogen) atoms. The van der Waals surface area contributed by atoms with Gasteiger partial charge in [-0.3, -0.25) is 9.69 Å². The molecule has 3 aromatic rings. The summed E-state index contributed by atoms with van der Waals surface area (Å²) in [5.74, 6) is -2.78. The third kappa shape index (κ3) is 3.41. The SMILES string of the molecule is CCC1(c2ccccc2)C(C(=O)O)=C(Nc2ccc(F)cc2)C(=O)N1c1ccc(F)cc1. The number of hydrogen-bond donors (Lipinski definition) is 2. The molecular formula is C25H20F2N2O3. The van der Waals surface area contributed by atoms with Crippen molar-refractivity contribution in [1.82, 2.24) is 0 Å². The number of carboxylic acid groups (broad SMARTS) is 1. The third-order valence-electron chi connectivity index (χ3n) is 5.64. The molecule has 0 saturated heterocycles. The number of rotatable bonds is 6. The van der Waals surface area contributed by atoms with Gasteiger partial charge in [0, 0.05) is 11.4 Å². The van der Waals surface area contributed by atoms with Gasteiger partial charge in [0.15, 0.2) is 0 Å². The third-order valence-corrected chi connectivity index (χ3v) is 5.64. The summed E-state index contributed by atoms with van der Waals surface area (Å²) in [6, 6.07) is 19.5. The van der Waals surface area contributed by atoms with Gasteiger partial charge >= 0.3 is 5.97 Å². The molecule has 1 heterocycles. The molecule has 4 rings (SSSR count). The lowest BCUT2D eigenvalue weighted by molar-refractivity contribution is -0.133. The van der Waals surface area contributed by atoms with Gasteiger partial charge in [-0.2, -0.15) is 0 Å². The molecule has 0 aliphatic carbocycles. The van der Waals surface area contributed by atoms with Crippen molar-refractivity contribution in [2.75, 3.05) is 10.2 Å². The van der Waals surface area contributed by atoms with E-state index in [0.717, 1.165) is 0 Å². The maximum Gasteiger partial charge on any atom is 0.336 e. The smallest absolute Gasteiger partial charge is 0.336 e. The number of aliphatic carboxylic acids is 1. The summed E-state index contributed by atoms with van der Waals surface area (Å²) in [6.45, 7) is 1.79. The normalized spacial score (nSPS) is 18.2. The number of benzene rings is 3. The molecule has 5 nitrogen and oxygen atoms in total. The van der Waals surface area contributed by atoms with Crippen LogP contribution in [0.25, 0.3) is 0 Å². The maximum absolute atomic E-state index is 13.7. The van der Waals surface area contributed by atoms with E-state index in [4.69, 9.17) is 0 Å². The Morgan fingerprint density at radius 2 is 1.50 bits per heavy atom. The molecule has 7 heteroatoms. The Kier molecular flexibility index (Phi) is 5.48. The second kappa shape index (κ2) is 8.26. The Balaban J connectivity index is 1.97. The van der Waals surface area contributed by atoms with Gasteiger partial charge in [-0.1, -0.05) is 37.3 Å². The number of hydrogen-bond acceptors (Lipinski definition) is 3. The van der Waals surface area contributed by atoms with Gasteiger partial charge in [0.05, 0.1) is 5.57 Å². The van der Waals surface area contributed by atoms with Crippen LogP contribution in [0, 0.1) is 11.6 Å². The van der Waals surface area contributed by atoms with E-state index in [1.807, 2.05) is 0 Å². The van der Waals surface area contributed by atoms with Crippen LogP contribution >= 0.6 is 0 Å². The van der Waals surface area contributed by atoms with E-state index in [0.29, 0.717) is 16.9 Å². The van der Waals surface area contributed by atoms with E-state index in [9.17, 15) is 23.5 Å². The first-order chi connectivity index (χ1) is 15.4. The van der Waals surface area contributed by atoms with Crippen LogP contribution in [0.5, 0.6) is 0 Å². The van der Waals surface area contributed by atoms with Crippen LogP contribution < -0.4 is 10.2 Å². The lowest BCUT2D eigenvalue weighted by Crippen LogP contribution is -2.47. The minimum absolute atomic E-state index is 0.126. The van der Waals surface area contributed by atoms with Crippen LogP contribution in [0.15, 0.2) is 90.1 Å². The number of halogens is 2. The molecule has 1 aliphatic heterocycles. The fraction of sp³-hybridized carbons (Fsp3) is 0.120. The first-order valence-electron chi connectivity index (χ1n) is 10.0. The molecule has 1 amide bonds. The molecule has 1 atom stereocenters. The van der Waals surface area contributed by atoms with Gasteiger partial charge in [0.1, 0.15) is 22.9 Å². The fourth-order valence-electron chi connectivity index (χ4n) is 4.24. The number of anilines is 2. The number of nitrogens with zero attached hydrogens (tertiary/aromatic N) is 1. The minimum Gasteiger partial charge on any atom is -0.478 e. The highest BCUT2D eigenvalue weighted by Gasteiger charge is 2.55. The lowest BCUT2D eigenvalue weighted by atomic mass is 9.80. The molecule has 0 aromatic heterocycles. The first-order valence-corrected chi connectivity index (χ1v) is 10.0. The summed E-state index contributed by atoms with van der Waals surface area (Å²) in [6.07, 6.45) is 0.246. The second-order valence-corrected chi connectivity index (χ2v) is 7.38. The van der Waals surface area contributed by atoms with E-state index in [-0.39, 0.29) is 17.7 Å². The maximum atomic E-state index is 13.7. The van der Waals surface area contributed by atoms with Crippen molar-refractivity contribution in [3.63, 3.8) is 0 Å². The molecule has 0 fully saturated rings. The standard InChI is InChI=1S/C25H20F2N2O3/c1-2-25(16-6-4-3-5-7-16)21(24(31)32)22(28-19-12-8-17(26)9-13-19)23(30)29(25)20-14-10-18(27)11-15-20/h3-15,28H,2H2,1H3,(H,31,32). The molecule has 0 saturated carbocycles. The Bertz CT molecular complexity index is 1190. The topological polar surface area (TPSA) is 69.6 Å². The fourth-order valence-corrected chi connectivity index (χ4v) is 4.24. The number of carbonyl (C=O) groups is 2. The molecular weight excluding hydrogens is 414 g/mol. The minimum atomic E-state index is -1.34. The van der Waals surface area contributed by atoms with Crippen LogP contribution in [0.2, 0.25) is 0 Å². The summed E-state index contributed by atoms with van der Waals surface area (Å²) in [4.78, 5) is 27.7. The summed E-state index contributed by atoms with van der Waals surface area (Å²) < 4.78 is 27.0. The number of carboxylic acids is 1. The van der Waals surface area contributed by atoms with Gasteiger partial charge in [-0.15, -0.1) is 0 Å². The molecule has 0 radical (unpaired) electrons. The summed E-state index contributed by atoms with van der Waals surface area (Å²) in [5.41, 5.74) is -0.272. The quantitative estimate of drug-likeness (QED) is 0.569. The van der Waals surface area contributed by atoms with Crippen LogP contribution in [-0.2, 0) is 15.1 Å². The van der Waals surface area contributed by atoms with Crippen molar-refractivity contribution in [2.24, 2.45) is 0 Å². The van der Waals surface area contributed by atoms with Crippen molar-refractivity contribution < 1.29 is 23.5 Å². The Labute approximate surface area is 183 Å². The Morgan fingerprint density at radius 1 is 0.938 bits per heavy atom. The highest BCUT2D eigenvalue weighted by molar-refractivity contribution is 6.18. The Morgan fingerprint density at radius 3 is 2.03 bits per heavy atom. The summed E-state index contributed by atoms with van der Waals surface area (Å²) in [7, 11) is 0. The van der Waals surface area contributed by atoms with E-state index >= 15 is 0 Å². The van der Waals surface area contributed by atoms with Crippen LogP contribution in [-0.4, -0.2) is 17.0 Å². The largest absolute Gasteiger partial charge is 0.478 e. The van der Waals surface area contributed by atoms with Gasteiger partial charge in [0.25, 0.3) is 5.91 Å². The van der Waals surface area contributed by atoms with Gasteiger partial charge in [-0.25, -0.2) is 13.6 Å². The van der Waals surface area contributed by atoms with Crippen molar-refractivity contribution in [3.8, 4) is 0 Å². The monoisotopic (exact) mass is 434 g/mol. The molecule has 0 spiro atoms. The highest BCUT2D eigenvalue weighted by atomic mass is 19.1.